The summed E-state index contributed by atoms with van der Waals surface area (Å²) in [4.78, 5) is 0. The number of hydrogen-bond acceptors (Lipinski definition) is 16. The lowest BCUT2D eigenvalue weighted by molar-refractivity contribution is -0.388. The maximum Gasteiger partial charge on any atom is 0.224 e. The van der Waals surface area contributed by atoms with Crippen LogP contribution in [0, 0.1) is 0 Å². The molecule has 2 unspecified atom stereocenters. The largest absolute Gasteiger partial charge is 0.412 e. The van der Waals surface area contributed by atoms with Crippen molar-refractivity contribution >= 4 is 0 Å². The topological polar surface area (TPSA) is 300 Å². The summed E-state index contributed by atoms with van der Waals surface area (Å²) in [6, 6.07) is 0. The quantitative estimate of drug-likeness (QED) is 0.141. The van der Waals surface area contributed by atoms with Gasteiger partial charge in [0.05, 0.1) is 19.8 Å². The van der Waals surface area contributed by atoms with Gasteiger partial charge in [-0.15, -0.1) is 0 Å². The van der Waals surface area contributed by atoms with Gasteiger partial charge in [0.1, 0.15) is 73.8 Å². The zero-order valence-electron chi connectivity index (χ0n) is 18.3. The van der Waals surface area contributed by atoms with E-state index in [9.17, 15) is 56.2 Å². The average Bonchev–Trinajstić information content (AvgIpc) is 3.08. The van der Waals surface area contributed by atoms with Gasteiger partial charge in [-0.1, -0.05) is 0 Å². The summed E-state index contributed by atoms with van der Waals surface area (Å²) < 4.78 is 26.4. The maximum absolute atomic E-state index is 10.3. The predicted octanol–water partition coefficient (Wildman–Crippen LogP) is -8.40. The summed E-state index contributed by atoms with van der Waals surface area (Å²) in [7, 11) is 0. The lowest BCUT2D eigenvalue weighted by atomic mass is 9.98. The maximum atomic E-state index is 10.3. The van der Waals surface area contributed by atoms with Crippen LogP contribution in [0.15, 0.2) is 0 Å². The molecule has 0 aromatic heterocycles. The van der Waals surface area contributed by atoms with Crippen LogP contribution in [0.4, 0.5) is 0 Å². The Labute approximate surface area is 198 Å². The van der Waals surface area contributed by atoms with Crippen molar-refractivity contribution < 1.29 is 85.3 Å². The zero-order chi connectivity index (χ0) is 25.4. The molecule has 0 amide bonds. The van der Waals surface area contributed by atoms with E-state index in [1.165, 1.54) is 0 Å². The molecule has 0 aromatic rings. The second-order valence-electron chi connectivity index (χ2n) is 8.41. The van der Waals surface area contributed by atoms with E-state index in [1.54, 1.807) is 0 Å². The minimum absolute atomic E-state index is 0. The normalized spacial score (nSPS) is 50.7. The van der Waals surface area contributed by atoms with Crippen molar-refractivity contribution in [2.75, 3.05) is 26.4 Å². The molecule has 3 aliphatic heterocycles. The summed E-state index contributed by atoms with van der Waals surface area (Å²) in [5, 5.41) is 109. The van der Waals surface area contributed by atoms with E-state index in [1.807, 2.05) is 0 Å². The highest BCUT2D eigenvalue weighted by molar-refractivity contribution is 4.98. The van der Waals surface area contributed by atoms with Gasteiger partial charge in [-0.2, -0.15) is 0 Å². The first-order valence-electron chi connectivity index (χ1n) is 10.6. The van der Waals surface area contributed by atoms with Crippen molar-refractivity contribution in [2.24, 2.45) is 0 Å². The first kappa shape index (κ1) is 30.5. The monoisotopic (exact) mass is 522 g/mol. The molecular formula is C18H34O17. The Balaban J connectivity index is 0.00000432. The first-order chi connectivity index (χ1) is 16.0. The first-order valence-corrected chi connectivity index (χ1v) is 10.6. The minimum atomic E-state index is -2.36. The Morgan fingerprint density at radius 3 is 1.63 bits per heavy atom. The minimum Gasteiger partial charge on any atom is -0.412 e. The lowest BCUT2D eigenvalue weighted by Crippen LogP contribution is -2.63. The fraction of sp³-hybridized carbons (Fsp3) is 1.00. The van der Waals surface area contributed by atoms with E-state index in [2.05, 4.69) is 0 Å². The third-order valence-electron chi connectivity index (χ3n) is 6.16. The van der Waals surface area contributed by atoms with E-state index in [-0.39, 0.29) is 5.48 Å². The molecule has 3 fully saturated rings. The average molecular weight is 522 g/mol. The van der Waals surface area contributed by atoms with E-state index < -0.39 is 112 Å². The van der Waals surface area contributed by atoms with E-state index in [0.717, 1.165) is 0 Å². The van der Waals surface area contributed by atoms with Gasteiger partial charge in [0.2, 0.25) is 5.79 Å². The Morgan fingerprint density at radius 1 is 0.600 bits per heavy atom. The Morgan fingerprint density at radius 2 is 1.11 bits per heavy atom. The molecule has 17 heteroatoms. The fourth-order valence-electron chi connectivity index (χ4n) is 4.01. The van der Waals surface area contributed by atoms with Gasteiger partial charge in [0, 0.05) is 0 Å². The molecule has 0 spiro atoms. The van der Waals surface area contributed by atoms with E-state index >= 15 is 0 Å². The fourth-order valence-corrected chi connectivity index (χ4v) is 4.01. The molecule has 0 bridgehead atoms. The highest BCUT2D eigenvalue weighted by atomic mass is 16.8. The molecule has 13 N–H and O–H groups in total. The molecule has 3 aliphatic rings. The Hall–Kier alpha value is -0.680. The molecule has 3 rings (SSSR count). The number of rotatable bonds is 8. The van der Waals surface area contributed by atoms with Gasteiger partial charge in [0.25, 0.3) is 0 Å². The van der Waals surface area contributed by atoms with Crippen LogP contribution in [0.5, 0.6) is 0 Å². The van der Waals surface area contributed by atoms with E-state index in [0.29, 0.717) is 0 Å². The summed E-state index contributed by atoms with van der Waals surface area (Å²) in [5.74, 6) is -2.36. The van der Waals surface area contributed by atoms with Gasteiger partial charge in [-0.3, -0.25) is 0 Å². The molecule has 0 radical (unpaired) electrons. The highest BCUT2D eigenvalue weighted by Gasteiger charge is 2.58. The van der Waals surface area contributed by atoms with Crippen molar-refractivity contribution in [3.63, 3.8) is 0 Å². The van der Waals surface area contributed by atoms with Crippen LogP contribution in [-0.2, 0) is 23.7 Å². The third-order valence-corrected chi connectivity index (χ3v) is 6.16. The standard InChI is InChI=1S/C18H32O16.H2O/c19-1-5-8(22)11(25)13(27)16(31-5)30-3-7-9(23)12(26)14(28)17(32-7)34-18(4-21)15(29)10(24)6(2-20)33-18;/h5-17,19-29H,1-4H2;1H2/t5-,6-,7-,8+,9-,10-,11+,12+,13-,14-,15+,16?,17?,18+;/m1./s1. The van der Waals surface area contributed by atoms with Crippen molar-refractivity contribution in [3.05, 3.63) is 0 Å². The summed E-state index contributed by atoms with van der Waals surface area (Å²) >= 11 is 0. The van der Waals surface area contributed by atoms with Crippen LogP contribution < -0.4 is 0 Å². The van der Waals surface area contributed by atoms with E-state index in [4.69, 9.17) is 23.7 Å². The lowest BCUT2D eigenvalue weighted by Gasteiger charge is -2.44. The van der Waals surface area contributed by atoms with Crippen molar-refractivity contribution in [2.45, 2.75) is 85.5 Å². The number of hydrogen-bond donors (Lipinski definition) is 11. The second kappa shape index (κ2) is 12.2. The van der Waals surface area contributed by atoms with Crippen molar-refractivity contribution in [1.82, 2.24) is 0 Å². The second-order valence-corrected chi connectivity index (χ2v) is 8.41. The molecule has 3 heterocycles. The molecule has 14 atom stereocenters. The molecule has 208 valence electrons. The van der Waals surface area contributed by atoms with Gasteiger partial charge in [0.15, 0.2) is 12.6 Å². The SMILES string of the molecule is O.OC[C@H]1OC(OC[C@H]2OC(O[C@]3(CO)O[C@H](CO)[C@@H](O)[C@@H]3O)[C@H](O)[C@@H](O)[C@@H]2O)[C@H](O)[C@@H](O)[C@H]1O. The molecule has 17 nitrogen and oxygen atoms in total. The summed E-state index contributed by atoms with van der Waals surface area (Å²) in [6.07, 6.45) is -21.8. The Bertz CT molecular complexity index is 655. The summed E-state index contributed by atoms with van der Waals surface area (Å²) in [5.41, 5.74) is 0. The smallest absolute Gasteiger partial charge is 0.224 e. The van der Waals surface area contributed by atoms with Crippen LogP contribution >= 0.6 is 0 Å². The van der Waals surface area contributed by atoms with Gasteiger partial charge >= 0.3 is 0 Å². The molecular weight excluding hydrogens is 488 g/mol. The van der Waals surface area contributed by atoms with Gasteiger partial charge in [-0.05, 0) is 0 Å². The predicted molar refractivity (Wildman–Crippen MR) is 105 cm³/mol. The number of aliphatic hydroxyl groups excluding tert-OH is 11. The third kappa shape index (κ3) is 5.76. The van der Waals surface area contributed by atoms with Crippen molar-refractivity contribution in [3.8, 4) is 0 Å². The molecule has 0 aromatic carbocycles. The molecule has 3 saturated heterocycles. The zero-order valence-corrected chi connectivity index (χ0v) is 18.3. The highest BCUT2D eigenvalue weighted by Crippen LogP contribution is 2.36. The van der Waals surface area contributed by atoms with Gasteiger partial charge in [-0.25, -0.2) is 0 Å². The van der Waals surface area contributed by atoms with Crippen LogP contribution in [-0.4, -0.2) is 174 Å². The number of ether oxygens (including phenoxy) is 5. The molecule has 0 aliphatic carbocycles. The Kier molecular flexibility index (Phi) is 10.7. The van der Waals surface area contributed by atoms with Crippen LogP contribution in [0.25, 0.3) is 0 Å². The number of aliphatic hydroxyl groups is 11. The van der Waals surface area contributed by atoms with Crippen molar-refractivity contribution in [1.29, 1.82) is 0 Å². The molecule has 0 saturated carbocycles. The van der Waals surface area contributed by atoms with Gasteiger partial charge < -0.3 is 85.3 Å². The van der Waals surface area contributed by atoms with Crippen LogP contribution in [0.2, 0.25) is 0 Å². The van der Waals surface area contributed by atoms with Crippen LogP contribution in [0.3, 0.4) is 0 Å². The summed E-state index contributed by atoms with van der Waals surface area (Å²) in [6.45, 7) is -3.14. The molecule has 35 heavy (non-hydrogen) atoms. The van der Waals surface area contributed by atoms with Crippen LogP contribution in [0.1, 0.15) is 0 Å².